The zero-order valence-electron chi connectivity index (χ0n) is 10.1. The highest BCUT2D eigenvalue weighted by Gasteiger charge is 2.14. The summed E-state index contributed by atoms with van der Waals surface area (Å²) in [6.07, 6.45) is 1.57. The second-order valence-electron chi connectivity index (χ2n) is 4.03. The van der Waals surface area contributed by atoms with E-state index >= 15 is 0 Å². The molecule has 0 atom stereocenters. The van der Waals surface area contributed by atoms with Crippen molar-refractivity contribution in [3.8, 4) is 0 Å². The Hall–Kier alpha value is -2.50. The molecule has 0 aliphatic carbocycles. The van der Waals surface area contributed by atoms with Crippen LogP contribution in [-0.4, -0.2) is 10.9 Å². The first kappa shape index (κ1) is 12.9. The van der Waals surface area contributed by atoms with E-state index in [4.69, 9.17) is 5.73 Å². The Morgan fingerprint density at radius 3 is 2.58 bits per heavy atom. The molecule has 0 saturated carbocycles. The highest BCUT2D eigenvalue weighted by Crippen LogP contribution is 2.18. The fourth-order valence-corrected chi connectivity index (χ4v) is 1.48. The van der Waals surface area contributed by atoms with Gasteiger partial charge in [-0.3, -0.25) is 4.79 Å². The lowest BCUT2D eigenvalue weighted by atomic mass is 10.1. The summed E-state index contributed by atoms with van der Waals surface area (Å²) in [5.41, 5.74) is 6.14. The summed E-state index contributed by atoms with van der Waals surface area (Å²) in [5, 5.41) is 2.45. The highest BCUT2D eigenvalue weighted by atomic mass is 19.2. The van der Waals surface area contributed by atoms with E-state index in [9.17, 15) is 13.6 Å². The molecule has 0 aliphatic heterocycles. The van der Waals surface area contributed by atoms with E-state index in [2.05, 4.69) is 10.3 Å². The fraction of sp³-hybridized carbons (Fsp3) is 0.0769. The molecule has 2 rings (SSSR count). The van der Waals surface area contributed by atoms with Gasteiger partial charge < -0.3 is 11.1 Å². The van der Waals surface area contributed by atoms with Gasteiger partial charge >= 0.3 is 0 Å². The smallest absolute Gasteiger partial charge is 0.259 e. The third-order valence-corrected chi connectivity index (χ3v) is 2.49. The molecule has 98 valence electrons. The summed E-state index contributed by atoms with van der Waals surface area (Å²) < 4.78 is 26.0. The first-order valence-corrected chi connectivity index (χ1v) is 5.46. The molecule has 1 amide bonds. The van der Waals surface area contributed by atoms with Crippen LogP contribution in [0.3, 0.4) is 0 Å². The molecule has 0 saturated heterocycles. The summed E-state index contributed by atoms with van der Waals surface area (Å²) in [6.45, 7) is 1.85. The number of aryl methyl sites for hydroxylation is 1. The van der Waals surface area contributed by atoms with Gasteiger partial charge in [0.05, 0.1) is 5.56 Å². The summed E-state index contributed by atoms with van der Waals surface area (Å²) in [4.78, 5) is 15.8. The summed E-state index contributed by atoms with van der Waals surface area (Å²) in [7, 11) is 0. The number of halogens is 2. The Balaban J connectivity index is 2.25. The minimum atomic E-state index is -1.13. The molecule has 0 aliphatic rings. The Labute approximate surface area is 108 Å². The number of hydrogen-bond acceptors (Lipinski definition) is 3. The number of benzene rings is 1. The van der Waals surface area contributed by atoms with Crippen LogP contribution in [0.25, 0.3) is 0 Å². The predicted octanol–water partition coefficient (Wildman–Crippen LogP) is 2.50. The quantitative estimate of drug-likeness (QED) is 0.818. The molecule has 0 unspecified atom stereocenters. The second kappa shape index (κ2) is 5.01. The molecule has 19 heavy (non-hydrogen) atoms. The Morgan fingerprint density at radius 1 is 1.26 bits per heavy atom. The molecule has 1 aromatic heterocycles. The van der Waals surface area contributed by atoms with Crippen LogP contribution in [0.1, 0.15) is 15.9 Å². The van der Waals surface area contributed by atoms with E-state index < -0.39 is 17.5 Å². The van der Waals surface area contributed by atoms with Crippen LogP contribution in [0, 0.1) is 18.6 Å². The Morgan fingerprint density at radius 2 is 1.95 bits per heavy atom. The minimum Gasteiger partial charge on any atom is -0.398 e. The number of rotatable bonds is 2. The maximum absolute atomic E-state index is 13.1. The standard InChI is InChI=1S/C13H11F2N3O/c1-7-2-3-12(17-6-7)18-13(19)8-4-9(14)10(15)5-11(8)16/h2-6H,16H2,1H3,(H,17,18,19). The monoisotopic (exact) mass is 263 g/mol. The Bertz CT molecular complexity index is 627. The van der Waals surface area contributed by atoms with E-state index in [0.717, 1.165) is 17.7 Å². The van der Waals surface area contributed by atoms with E-state index in [1.165, 1.54) is 0 Å². The van der Waals surface area contributed by atoms with Crippen LogP contribution in [0.15, 0.2) is 30.5 Å². The van der Waals surface area contributed by atoms with E-state index in [1.807, 2.05) is 6.92 Å². The number of carbonyl (C=O) groups is 1. The van der Waals surface area contributed by atoms with Crippen molar-refractivity contribution in [3.05, 3.63) is 53.2 Å². The maximum atomic E-state index is 13.1. The molecule has 0 fully saturated rings. The number of pyridine rings is 1. The van der Waals surface area contributed by atoms with Crippen molar-refractivity contribution in [2.45, 2.75) is 6.92 Å². The number of carbonyl (C=O) groups excluding carboxylic acids is 1. The number of anilines is 2. The third-order valence-electron chi connectivity index (χ3n) is 2.49. The molecule has 0 bridgehead atoms. The van der Waals surface area contributed by atoms with Gasteiger partial charge in [-0.1, -0.05) is 6.07 Å². The van der Waals surface area contributed by atoms with E-state index in [1.54, 1.807) is 18.3 Å². The van der Waals surface area contributed by atoms with Gasteiger partial charge in [0.1, 0.15) is 5.82 Å². The van der Waals surface area contributed by atoms with Gasteiger partial charge in [0.15, 0.2) is 11.6 Å². The van der Waals surface area contributed by atoms with Gasteiger partial charge in [-0.25, -0.2) is 13.8 Å². The molecule has 2 aromatic rings. The summed E-state index contributed by atoms with van der Waals surface area (Å²) in [6, 6.07) is 4.89. The van der Waals surface area contributed by atoms with Crippen molar-refractivity contribution in [1.82, 2.24) is 4.98 Å². The van der Waals surface area contributed by atoms with Crippen molar-refractivity contribution >= 4 is 17.4 Å². The molecular weight excluding hydrogens is 252 g/mol. The second-order valence-corrected chi connectivity index (χ2v) is 4.03. The summed E-state index contributed by atoms with van der Waals surface area (Å²) >= 11 is 0. The van der Waals surface area contributed by atoms with Gasteiger partial charge in [-0.15, -0.1) is 0 Å². The van der Waals surface area contributed by atoms with Gasteiger partial charge in [-0.2, -0.15) is 0 Å². The lowest BCUT2D eigenvalue weighted by molar-refractivity contribution is 0.102. The zero-order valence-corrected chi connectivity index (χ0v) is 10.1. The lowest BCUT2D eigenvalue weighted by Crippen LogP contribution is -2.15. The molecule has 4 nitrogen and oxygen atoms in total. The highest BCUT2D eigenvalue weighted by molar-refractivity contribution is 6.07. The number of nitrogens with zero attached hydrogens (tertiary/aromatic N) is 1. The number of nitrogens with one attached hydrogen (secondary N) is 1. The molecule has 0 radical (unpaired) electrons. The number of aromatic nitrogens is 1. The van der Waals surface area contributed by atoms with Crippen LogP contribution in [0.5, 0.6) is 0 Å². The number of hydrogen-bond donors (Lipinski definition) is 2. The average molecular weight is 263 g/mol. The minimum absolute atomic E-state index is 0.136. The van der Waals surface area contributed by atoms with Crippen molar-refractivity contribution < 1.29 is 13.6 Å². The zero-order chi connectivity index (χ0) is 14.0. The molecule has 0 spiro atoms. The normalized spacial score (nSPS) is 10.3. The van der Waals surface area contributed by atoms with E-state index in [0.29, 0.717) is 5.82 Å². The molecule has 1 aromatic carbocycles. The summed E-state index contributed by atoms with van der Waals surface area (Å²) in [5.74, 6) is -2.56. The van der Waals surface area contributed by atoms with Gasteiger partial charge in [0, 0.05) is 18.0 Å². The molecule has 3 N–H and O–H groups in total. The van der Waals surface area contributed by atoms with Crippen molar-refractivity contribution in [3.63, 3.8) is 0 Å². The van der Waals surface area contributed by atoms with Crippen LogP contribution < -0.4 is 11.1 Å². The van der Waals surface area contributed by atoms with E-state index in [-0.39, 0.29) is 11.3 Å². The topological polar surface area (TPSA) is 68.0 Å². The van der Waals surface area contributed by atoms with Crippen LogP contribution >= 0.6 is 0 Å². The Kier molecular flexibility index (Phi) is 3.41. The predicted molar refractivity (Wildman–Crippen MR) is 67.7 cm³/mol. The van der Waals surface area contributed by atoms with Crippen molar-refractivity contribution in [1.29, 1.82) is 0 Å². The van der Waals surface area contributed by atoms with Crippen LogP contribution in [0.2, 0.25) is 0 Å². The maximum Gasteiger partial charge on any atom is 0.259 e. The van der Waals surface area contributed by atoms with Gasteiger partial charge in [0.2, 0.25) is 0 Å². The average Bonchev–Trinajstić information content (AvgIpc) is 2.36. The first-order valence-electron chi connectivity index (χ1n) is 5.46. The van der Waals surface area contributed by atoms with Gasteiger partial charge in [-0.05, 0) is 24.6 Å². The molecular formula is C13H11F2N3O. The molecule has 6 heteroatoms. The fourth-order valence-electron chi connectivity index (χ4n) is 1.48. The van der Waals surface area contributed by atoms with Crippen LogP contribution in [-0.2, 0) is 0 Å². The number of nitrogens with two attached hydrogens (primary N) is 1. The first-order chi connectivity index (χ1) is 8.97. The molecule has 1 heterocycles. The SMILES string of the molecule is Cc1ccc(NC(=O)c2cc(F)c(F)cc2N)nc1. The third kappa shape index (κ3) is 2.85. The van der Waals surface area contributed by atoms with Crippen molar-refractivity contribution in [2.75, 3.05) is 11.1 Å². The van der Waals surface area contributed by atoms with Crippen LogP contribution in [0.4, 0.5) is 20.3 Å². The lowest BCUT2D eigenvalue weighted by Gasteiger charge is -2.07. The van der Waals surface area contributed by atoms with Gasteiger partial charge in [0.25, 0.3) is 5.91 Å². The number of nitrogen functional groups attached to an aromatic ring is 1. The number of amides is 1. The van der Waals surface area contributed by atoms with Crippen molar-refractivity contribution in [2.24, 2.45) is 0 Å². The largest absolute Gasteiger partial charge is 0.398 e.